The van der Waals surface area contributed by atoms with Crippen LogP contribution in [0.4, 0.5) is 0 Å². The zero-order valence-corrected chi connectivity index (χ0v) is 12.0. The van der Waals surface area contributed by atoms with E-state index >= 15 is 0 Å². The minimum Gasteiger partial charge on any atom is -0.385 e. The van der Waals surface area contributed by atoms with Gasteiger partial charge in [0.1, 0.15) is 0 Å². The van der Waals surface area contributed by atoms with E-state index in [4.69, 9.17) is 4.74 Å². The van der Waals surface area contributed by atoms with Crippen molar-refractivity contribution in [2.45, 2.75) is 32.4 Å². The number of carbonyl (C=O) groups is 1. The molecule has 0 saturated heterocycles. The summed E-state index contributed by atoms with van der Waals surface area (Å²) in [7, 11) is 1.66. The van der Waals surface area contributed by atoms with Gasteiger partial charge in [-0.15, -0.1) is 0 Å². The largest absolute Gasteiger partial charge is 0.385 e. The summed E-state index contributed by atoms with van der Waals surface area (Å²) in [6.45, 7) is 5.26. The number of amides is 1. The van der Waals surface area contributed by atoms with Crippen LogP contribution in [0.25, 0.3) is 0 Å². The Bertz CT molecular complexity index is 368. The number of ether oxygens (including phenoxy) is 1. The molecule has 1 aromatic carbocycles. The molecule has 0 aliphatic heterocycles. The number of benzene rings is 1. The van der Waals surface area contributed by atoms with Gasteiger partial charge in [0.15, 0.2) is 0 Å². The van der Waals surface area contributed by atoms with Crippen molar-refractivity contribution in [3.8, 4) is 0 Å². The Balaban J connectivity index is 2.33. The van der Waals surface area contributed by atoms with Gasteiger partial charge in [0.2, 0.25) is 5.91 Å². The molecule has 1 rings (SSSR count). The molecule has 0 aliphatic carbocycles. The van der Waals surface area contributed by atoms with Crippen LogP contribution in [0.5, 0.6) is 0 Å². The van der Waals surface area contributed by atoms with Gasteiger partial charge in [-0.3, -0.25) is 10.1 Å². The molecule has 0 heterocycles. The monoisotopic (exact) mass is 264 g/mol. The normalized spacial score (nSPS) is 13.8. The van der Waals surface area contributed by atoms with Crippen molar-refractivity contribution >= 4 is 5.91 Å². The molecule has 0 saturated carbocycles. The summed E-state index contributed by atoms with van der Waals surface area (Å²) >= 11 is 0. The van der Waals surface area contributed by atoms with Crippen molar-refractivity contribution < 1.29 is 9.53 Å². The minimum atomic E-state index is -0.210. The summed E-state index contributed by atoms with van der Waals surface area (Å²) < 4.78 is 4.94. The van der Waals surface area contributed by atoms with E-state index < -0.39 is 0 Å². The molecular formula is C15H24N2O2. The van der Waals surface area contributed by atoms with Gasteiger partial charge in [-0.2, -0.15) is 0 Å². The highest BCUT2D eigenvalue weighted by molar-refractivity contribution is 5.81. The number of methoxy groups -OCH3 is 1. The molecule has 106 valence electrons. The molecular weight excluding hydrogens is 240 g/mol. The van der Waals surface area contributed by atoms with Crippen LogP contribution in [0.3, 0.4) is 0 Å². The highest BCUT2D eigenvalue weighted by atomic mass is 16.5. The highest BCUT2D eigenvalue weighted by Gasteiger charge is 2.15. The quantitative estimate of drug-likeness (QED) is 0.705. The topological polar surface area (TPSA) is 50.4 Å². The molecule has 0 aliphatic rings. The van der Waals surface area contributed by atoms with E-state index in [0.29, 0.717) is 13.2 Å². The van der Waals surface area contributed by atoms with Crippen LogP contribution in [0, 0.1) is 0 Å². The van der Waals surface area contributed by atoms with E-state index in [0.717, 1.165) is 6.42 Å². The van der Waals surface area contributed by atoms with Crippen molar-refractivity contribution in [2.75, 3.05) is 20.3 Å². The van der Waals surface area contributed by atoms with Gasteiger partial charge in [0, 0.05) is 26.3 Å². The van der Waals surface area contributed by atoms with Crippen LogP contribution in [0.15, 0.2) is 30.3 Å². The first-order valence-corrected chi connectivity index (χ1v) is 6.72. The van der Waals surface area contributed by atoms with Crippen LogP contribution < -0.4 is 10.6 Å². The van der Waals surface area contributed by atoms with E-state index in [1.165, 1.54) is 5.56 Å². The zero-order valence-electron chi connectivity index (χ0n) is 12.0. The third-order valence-electron chi connectivity index (χ3n) is 3.02. The fourth-order valence-corrected chi connectivity index (χ4v) is 1.87. The average Bonchev–Trinajstić information content (AvgIpc) is 2.44. The maximum atomic E-state index is 11.9. The molecule has 0 aromatic heterocycles. The Hall–Kier alpha value is -1.39. The number of hydrogen-bond donors (Lipinski definition) is 2. The molecule has 0 bridgehead atoms. The predicted molar refractivity (Wildman–Crippen MR) is 77.0 cm³/mol. The van der Waals surface area contributed by atoms with Gasteiger partial charge in [-0.05, 0) is 25.8 Å². The molecule has 2 N–H and O–H groups in total. The summed E-state index contributed by atoms with van der Waals surface area (Å²) in [5.74, 6) is 0.0267. The van der Waals surface area contributed by atoms with Gasteiger partial charge in [0.25, 0.3) is 0 Å². The van der Waals surface area contributed by atoms with Crippen molar-refractivity contribution in [1.29, 1.82) is 0 Å². The van der Waals surface area contributed by atoms with Gasteiger partial charge >= 0.3 is 0 Å². The van der Waals surface area contributed by atoms with Crippen LogP contribution in [-0.2, 0) is 9.53 Å². The van der Waals surface area contributed by atoms with E-state index in [2.05, 4.69) is 29.7 Å². The maximum absolute atomic E-state index is 11.9. The summed E-state index contributed by atoms with van der Waals surface area (Å²) in [5.41, 5.74) is 1.18. The molecule has 4 heteroatoms. The SMILES string of the molecule is COCCCNC(=O)C(C)NC(C)c1ccccc1. The van der Waals surface area contributed by atoms with Crippen LogP contribution >= 0.6 is 0 Å². The number of rotatable bonds is 8. The third kappa shape index (κ3) is 5.85. The Morgan fingerprint density at radius 2 is 1.95 bits per heavy atom. The lowest BCUT2D eigenvalue weighted by Gasteiger charge is -2.20. The molecule has 0 spiro atoms. The lowest BCUT2D eigenvalue weighted by molar-refractivity contribution is -0.122. The van der Waals surface area contributed by atoms with Crippen LogP contribution in [0.1, 0.15) is 31.9 Å². The zero-order chi connectivity index (χ0) is 14.1. The van der Waals surface area contributed by atoms with Crippen molar-refractivity contribution in [2.24, 2.45) is 0 Å². The lowest BCUT2D eigenvalue weighted by Crippen LogP contribution is -2.43. The smallest absolute Gasteiger partial charge is 0.236 e. The second-order valence-corrected chi connectivity index (χ2v) is 4.66. The second kappa shape index (κ2) is 8.67. The second-order valence-electron chi connectivity index (χ2n) is 4.66. The number of hydrogen-bond acceptors (Lipinski definition) is 3. The first-order valence-electron chi connectivity index (χ1n) is 6.72. The van der Waals surface area contributed by atoms with Gasteiger partial charge in [0.05, 0.1) is 6.04 Å². The fourth-order valence-electron chi connectivity index (χ4n) is 1.87. The molecule has 2 atom stereocenters. The highest BCUT2D eigenvalue weighted by Crippen LogP contribution is 2.11. The minimum absolute atomic E-state index is 0.0267. The molecule has 1 amide bonds. The van der Waals surface area contributed by atoms with Crippen molar-refractivity contribution in [3.63, 3.8) is 0 Å². The molecule has 19 heavy (non-hydrogen) atoms. The first kappa shape index (κ1) is 15.7. The van der Waals surface area contributed by atoms with Crippen LogP contribution in [-0.4, -0.2) is 32.2 Å². The predicted octanol–water partition coefficient (Wildman–Crippen LogP) is 1.88. The van der Waals surface area contributed by atoms with Crippen molar-refractivity contribution in [3.05, 3.63) is 35.9 Å². The van der Waals surface area contributed by atoms with E-state index in [9.17, 15) is 4.79 Å². The van der Waals surface area contributed by atoms with Gasteiger partial charge in [-0.1, -0.05) is 30.3 Å². The average molecular weight is 264 g/mol. The summed E-state index contributed by atoms with van der Waals surface area (Å²) in [4.78, 5) is 11.9. The third-order valence-corrected chi connectivity index (χ3v) is 3.02. The lowest BCUT2D eigenvalue weighted by atomic mass is 10.1. The van der Waals surface area contributed by atoms with E-state index in [-0.39, 0.29) is 18.0 Å². The Morgan fingerprint density at radius 1 is 1.26 bits per heavy atom. The molecule has 0 fully saturated rings. The first-order chi connectivity index (χ1) is 9.15. The van der Waals surface area contributed by atoms with Crippen molar-refractivity contribution in [1.82, 2.24) is 10.6 Å². The Labute approximate surface area is 115 Å². The summed E-state index contributed by atoms with van der Waals surface area (Å²) in [6.07, 6.45) is 0.837. The molecule has 4 nitrogen and oxygen atoms in total. The molecule has 1 aromatic rings. The Morgan fingerprint density at radius 3 is 2.58 bits per heavy atom. The summed E-state index contributed by atoms with van der Waals surface area (Å²) in [5, 5.41) is 6.19. The standard InChI is InChI=1S/C15H24N2O2/c1-12(14-8-5-4-6-9-14)17-13(2)15(18)16-10-7-11-19-3/h4-6,8-9,12-13,17H,7,10-11H2,1-3H3,(H,16,18). The van der Waals surface area contributed by atoms with E-state index in [1.54, 1.807) is 7.11 Å². The Kier molecular flexibility index (Phi) is 7.15. The summed E-state index contributed by atoms with van der Waals surface area (Å²) in [6, 6.07) is 10.1. The molecule has 0 radical (unpaired) electrons. The van der Waals surface area contributed by atoms with Gasteiger partial charge < -0.3 is 10.1 Å². The van der Waals surface area contributed by atoms with E-state index in [1.807, 2.05) is 25.1 Å². The van der Waals surface area contributed by atoms with Gasteiger partial charge in [-0.25, -0.2) is 0 Å². The maximum Gasteiger partial charge on any atom is 0.236 e. The molecule has 2 unspecified atom stereocenters. The number of carbonyl (C=O) groups excluding carboxylic acids is 1. The van der Waals surface area contributed by atoms with Crippen LogP contribution in [0.2, 0.25) is 0 Å². The number of nitrogens with one attached hydrogen (secondary N) is 2. The fraction of sp³-hybridized carbons (Fsp3) is 0.533.